The molecule has 30 heavy (non-hydrogen) atoms. The third-order valence-corrected chi connectivity index (χ3v) is 5.39. The first kappa shape index (κ1) is 19.6. The standard InChI is InChI=1S/C24H22N2O4/c1-15-6-3-4-7-20(15)25-23(28)19-14-18-21(8-5-9-22(18)27)26(24(19)29)16-10-12-17(30-2)13-11-16/h3-4,6-7,10-14H,5,8-9H2,1-2H3,(H,25,28). The van der Waals surface area contributed by atoms with Crippen molar-refractivity contribution in [3.8, 4) is 11.4 Å². The maximum atomic E-state index is 13.4. The minimum Gasteiger partial charge on any atom is -0.497 e. The van der Waals surface area contributed by atoms with E-state index in [9.17, 15) is 14.4 Å². The van der Waals surface area contributed by atoms with Gasteiger partial charge in [0.25, 0.3) is 11.5 Å². The minimum atomic E-state index is -0.530. The predicted octanol–water partition coefficient (Wildman–Crippen LogP) is 3.93. The average Bonchev–Trinajstić information content (AvgIpc) is 2.75. The van der Waals surface area contributed by atoms with Crippen molar-refractivity contribution in [2.45, 2.75) is 26.2 Å². The summed E-state index contributed by atoms with van der Waals surface area (Å²) in [6.45, 7) is 1.88. The van der Waals surface area contributed by atoms with Crippen molar-refractivity contribution in [1.29, 1.82) is 0 Å². The lowest BCUT2D eigenvalue weighted by Crippen LogP contribution is -2.33. The third-order valence-electron chi connectivity index (χ3n) is 5.39. The number of benzene rings is 2. The van der Waals surface area contributed by atoms with Crippen LogP contribution >= 0.6 is 0 Å². The fraction of sp³-hybridized carbons (Fsp3) is 0.208. The minimum absolute atomic E-state index is 0.0524. The van der Waals surface area contributed by atoms with E-state index in [4.69, 9.17) is 4.74 Å². The summed E-state index contributed by atoms with van der Waals surface area (Å²) in [6.07, 6.45) is 1.69. The van der Waals surface area contributed by atoms with E-state index in [1.807, 2.05) is 25.1 Å². The van der Waals surface area contributed by atoms with Crippen LogP contribution in [0, 0.1) is 6.92 Å². The highest BCUT2D eigenvalue weighted by atomic mass is 16.5. The van der Waals surface area contributed by atoms with Gasteiger partial charge in [0.05, 0.1) is 7.11 Å². The van der Waals surface area contributed by atoms with E-state index in [-0.39, 0.29) is 11.3 Å². The van der Waals surface area contributed by atoms with E-state index < -0.39 is 11.5 Å². The molecule has 4 rings (SSSR count). The summed E-state index contributed by atoms with van der Waals surface area (Å²) in [5, 5.41) is 2.80. The van der Waals surface area contributed by atoms with Crippen LogP contribution in [0.2, 0.25) is 0 Å². The van der Waals surface area contributed by atoms with Crippen LogP contribution in [0.4, 0.5) is 5.69 Å². The van der Waals surface area contributed by atoms with Crippen LogP contribution in [0.25, 0.3) is 5.69 Å². The summed E-state index contributed by atoms with van der Waals surface area (Å²) in [6, 6.07) is 15.8. The highest BCUT2D eigenvalue weighted by Crippen LogP contribution is 2.25. The summed E-state index contributed by atoms with van der Waals surface area (Å²) in [4.78, 5) is 39.0. The number of para-hydroxylation sites is 1. The number of amides is 1. The topological polar surface area (TPSA) is 77.4 Å². The number of nitrogens with one attached hydrogen (secondary N) is 1. The molecule has 3 aromatic rings. The maximum absolute atomic E-state index is 13.4. The van der Waals surface area contributed by atoms with E-state index in [0.29, 0.717) is 47.6 Å². The second kappa shape index (κ2) is 7.99. The van der Waals surface area contributed by atoms with Gasteiger partial charge in [-0.25, -0.2) is 0 Å². The molecule has 1 aromatic heterocycles. The van der Waals surface area contributed by atoms with Crippen molar-refractivity contribution < 1.29 is 14.3 Å². The lowest BCUT2D eigenvalue weighted by molar-refractivity contribution is 0.0971. The Morgan fingerprint density at radius 2 is 1.77 bits per heavy atom. The Morgan fingerprint density at radius 3 is 2.47 bits per heavy atom. The molecule has 0 saturated carbocycles. The fourth-order valence-corrected chi connectivity index (χ4v) is 3.76. The number of hydrogen-bond donors (Lipinski definition) is 1. The van der Waals surface area contributed by atoms with E-state index >= 15 is 0 Å². The molecule has 0 spiro atoms. The molecule has 0 aliphatic heterocycles. The molecule has 0 unspecified atom stereocenters. The third kappa shape index (κ3) is 3.52. The Balaban J connectivity index is 1.86. The van der Waals surface area contributed by atoms with Crippen LogP contribution in [0.5, 0.6) is 5.75 Å². The van der Waals surface area contributed by atoms with Crippen LogP contribution in [0.15, 0.2) is 59.4 Å². The van der Waals surface area contributed by atoms with Gasteiger partial charge in [-0.15, -0.1) is 0 Å². The number of nitrogens with zero attached hydrogens (tertiary/aromatic N) is 1. The Labute approximate surface area is 174 Å². The number of pyridine rings is 1. The molecule has 6 nitrogen and oxygen atoms in total. The number of aromatic nitrogens is 1. The number of Topliss-reactive ketones (excluding diaryl/α,β-unsaturated/α-hetero) is 1. The predicted molar refractivity (Wildman–Crippen MR) is 115 cm³/mol. The number of ketones is 1. The number of aryl methyl sites for hydroxylation is 1. The Bertz CT molecular complexity index is 1190. The summed E-state index contributed by atoms with van der Waals surface area (Å²) >= 11 is 0. The van der Waals surface area contributed by atoms with Crippen LogP contribution < -0.4 is 15.6 Å². The van der Waals surface area contributed by atoms with Gasteiger partial charge < -0.3 is 10.1 Å². The zero-order valence-corrected chi connectivity index (χ0v) is 16.9. The summed E-state index contributed by atoms with van der Waals surface area (Å²) < 4.78 is 6.68. The van der Waals surface area contributed by atoms with Gasteiger partial charge in [-0.2, -0.15) is 0 Å². The Kier molecular flexibility index (Phi) is 5.23. The number of hydrogen-bond acceptors (Lipinski definition) is 4. The van der Waals surface area contributed by atoms with Crippen molar-refractivity contribution in [3.05, 3.63) is 87.3 Å². The van der Waals surface area contributed by atoms with Crippen LogP contribution in [-0.4, -0.2) is 23.4 Å². The van der Waals surface area contributed by atoms with Crippen molar-refractivity contribution >= 4 is 17.4 Å². The molecule has 0 saturated heterocycles. The molecule has 1 aliphatic rings. The van der Waals surface area contributed by atoms with Gasteiger partial charge in [0.15, 0.2) is 5.78 Å². The highest BCUT2D eigenvalue weighted by molar-refractivity contribution is 6.07. The van der Waals surface area contributed by atoms with Crippen molar-refractivity contribution in [2.24, 2.45) is 0 Å². The van der Waals surface area contributed by atoms with Crippen molar-refractivity contribution in [3.63, 3.8) is 0 Å². The van der Waals surface area contributed by atoms with Crippen LogP contribution in [0.1, 0.15) is 44.8 Å². The second-order valence-electron chi connectivity index (χ2n) is 7.30. The maximum Gasteiger partial charge on any atom is 0.268 e. The molecule has 0 fully saturated rings. The van der Waals surface area contributed by atoms with E-state index in [0.717, 1.165) is 5.56 Å². The largest absolute Gasteiger partial charge is 0.497 e. The first-order valence-corrected chi connectivity index (χ1v) is 9.83. The number of methoxy groups -OCH3 is 1. The van der Waals surface area contributed by atoms with Crippen LogP contribution in [-0.2, 0) is 6.42 Å². The first-order valence-electron chi connectivity index (χ1n) is 9.83. The van der Waals surface area contributed by atoms with Crippen molar-refractivity contribution in [1.82, 2.24) is 4.57 Å². The molecule has 0 bridgehead atoms. The first-order chi connectivity index (χ1) is 14.5. The normalized spacial score (nSPS) is 12.9. The van der Waals surface area contributed by atoms with Crippen molar-refractivity contribution in [2.75, 3.05) is 12.4 Å². The average molecular weight is 402 g/mol. The number of carbonyl (C=O) groups excluding carboxylic acids is 2. The molecule has 0 radical (unpaired) electrons. The van der Waals surface area contributed by atoms with Gasteiger partial charge in [-0.1, -0.05) is 18.2 Å². The SMILES string of the molecule is COc1ccc(-n2c3c(cc(C(=O)Nc4ccccc4C)c2=O)C(=O)CCC3)cc1. The number of rotatable bonds is 4. The van der Waals surface area contributed by atoms with E-state index in [1.165, 1.54) is 10.6 Å². The Hall–Kier alpha value is -3.67. The number of carbonyl (C=O) groups is 2. The summed E-state index contributed by atoms with van der Waals surface area (Å²) in [5.41, 5.74) is 2.69. The molecule has 1 aliphatic carbocycles. The highest BCUT2D eigenvalue weighted by Gasteiger charge is 2.26. The summed E-state index contributed by atoms with van der Waals surface area (Å²) in [7, 11) is 1.57. The number of ether oxygens (including phenoxy) is 1. The molecule has 1 amide bonds. The molecular weight excluding hydrogens is 380 g/mol. The quantitative estimate of drug-likeness (QED) is 0.717. The molecule has 152 valence electrons. The number of anilines is 1. The molecule has 0 atom stereocenters. The zero-order chi connectivity index (χ0) is 21.3. The lowest BCUT2D eigenvalue weighted by Gasteiger charge is -2.22. The van der Waals surface area contributed by atoms with Gasteiger partial charge in [0.1, 0.15) is 11.3 Å². The van der Waals surface area contributed by atoms with Gasteiger partial charge in [-0.05, 0) is 61.7 Å². The van der Waals surface area contributed by atoms with E-state index in [1.54, 1.807) is 37.4 Å². The molecule has 1 heterocycles. The van der Waals surface area contributed by atoms with E-state index in [2.05, 4.69) is 5.32 Å². The van der Waals surface area contributed by atoms with Gasteiger partial charge in [0.2, 0.25) is 0 Å². The Morgan fingerprint density at radius 1 is 1.03 bits per heavy atom. The molecule has 6 heteroatoms. The fourth-order valence-electron chi connectivity index (χ4n) is 3.76. The smallest absolute Gasteiger partial charge is 0.268 e. The van der Waals surface area contributed by atoms with Gasteiger partial charge in [0, 0.05) is 29.1 Å². The second-order valence-corrected chi connectivity index (χ2v) is 7.30. The van der Waals surface area contributed by atoms with Crippen LogP contribution in [0.3, 0.4) is 0 Å². The van der Waals surface area contributed by atoms with Gasteiger partial charge in [-0.3, -0.25) is 19.0 Å². The summed E-state index contributed by atoms with van der Waals surface area (Å²) in [5.74, 6) is 0.0754. The molecular formula is C24H22N2O4. The lowest BCUT2D eigenvalue weighted by atomic mass is 9.92. The monoisotopic (exact) mass is 402 g/mol. The molecule has 2 aromatic carbocycles. The van der Waals surface area contributed by atoms with Gasteiger partial charge >= 0.3 is 0 Å². The number of fused-ring (bicyclic) bond motifs is 1. The zero-order valence-electron chi connectivity index (χ0n) is 16.9. The molecule has 1 N–H and O–H groups in total.